The van der Waals surface area contributed by atoms with Crippen molar-refractivity contribution in [1.82, 2.24) is 0 Å². The van der Waals surface area contributed by atoms with Crippen molar-refractivity contribution >= 4 is 23.5 Å². The second kappa shape index (κ2) is 8.56. The predicted molar refractivity (Wildman–Crippen MR) is 82.8 cm³/mol. The number of fused-ring (bicyclic) bond motifs is 1. The Kier molecular flexibility index (Phi) is 6.18. The number of ether oxygens (including phenoxy) is 4. The van der Waals surface area contributed by atoms with Gasteiger partial charge in [-0.2, -0.15) is 0 Å². The van der Waals surface area contributed by atoms with Gasteiger partial charge in [0.2, 0.25) is 0 Å². The van der Waals surface area contributed by atoms with Crippen LogP contribution >= 0.6 is 0 Å². The SMILES string of the molecule is CCOC(=O)C=CC(=O)OCC(=O)Nc1ccc2c(c1)OCCO2. The number of hydrogen-bond donors (Lipinski definition) is 1. The molecule has 0 unspecified atom stereocenters. The maximum Gasteiger partial charge on any atom is 0.331 e. The smallest absolute Gasteiger partial charge is 0.331 e. The van der Waals surface area contributed by atoms with Crippen molar-refractivity contribution in [2.45, 2.75) is 6.92 Å². The minimum Gasteiger partial charge on any atom is -0.486 e. The second-order valence-corrected chi connectivity index (χ2v) is 4.60. The molecule has 24 heavy (non-hydrogen) atoms. The number of amides is 1. The fourth-order valence-corrected chi connectivity index (χ4v) is 1.83. The average Bonchev–Trinajstić information content (AvgIpc) is 2.58. The van der Waals surface area contributed by atoms with Crippen molar-refractivity contribution in [2.75, 3.05) is 31.7 Å². The molecule has 1 heterocycles. The molecule has 0 bridgehead atoms. The van der Waals surface area contributed by atoms with Gasteiger partial charge in [0.15, 0.2) is 18.1 Å². The normalized spacial score (nSPS) is 12.5. The highest BCUT2D eigenvalue weighted by molar-refractivity contribution is 5.95. The largest absolute Gasteiger partial charge is 0.486 e. The summed E-state index contributed by atoms with van der Waals surface area (Å²) in [5.41, 5.74) is 0.488. The molecule has 1 aliphatic heterocycles. The highest BCUT2D eigenvalue weighted by atomic mass is 16.6. The molecule has 2 rings (SSSR count). The van der Waals surface area contributed by atoms with Crippen molar-refractivity contribution < 1.29 is 33.3 Å². The molecule has 1 amide bonds. The van der Waals surface area contributed by atoms with E-state index in [9.17, 15) is 14.4 Å². The summed E-state index contributed by atoms with van der Waals surface area (Å²) in [5.74, 6) is -0.858. The lowest BCUT2D eigenvalue weighted by Crippen LogP contribution is -2.21. The zero-order valence-electron chi connectivity index (χ0n) is 13.1. The van der Waals surface area contributed by atoms with Crippen molar-refractivity contribution in [3.05, 3.63) is 30.4 Å². The molecule has 1 aromatic rings. The third-order valence-electron chi connectivity index (χ3n) is 2.81. The Morgan fingerprint density at radius 3 is 2.46 bits per heavy atom. The predicted octanol–water partition coefficient (Wildman–Crippen LogP) is 1.06. The molecule has 1 aromatic carbocycles. The standard InChI is InChI=1S/C16H17NO7/c1-2-21-15(19)5-6-16(20)24-10-14(18)17-11-3-4-12-13(9-11)23-8-7-22-12/h3-6,9H,2,7-8,10H2,1H3,(H,17,18). The molecule has 8 heteroatoms. The van der Waals surface area contributed by atoms with Gasteiger partial charge in [-0.25, -0.2) is 9.59 Å². The lowest BCUT2D eigenvalue weighted by Gasteiger charge is -2.18. The molecule has 0 radical (unpaired) electrons. The number of nitrogens with one attached hydrogen (secondary N) is 1. The summed E-state index contributed by atoms with van der Waals surface area (Å²) >= 11 is 0. The lowest BCUT2D eigenvalue weighted by molar-refractivity contribution is -0.143. The van der Waals surface area contributed by atoms with Crippen LogP contribution in [0.5, 0.6) is 11.5 Å². The van der Waals surface area contributed by atoms with Gasteiger partial charge in [0, 0.05) is 23.9 Å². The molecule has 0 aliphatic carbocycles. The molecule has 1 N–H and O–H groups in total. The second-order valence-electron chi connectivity index (χ2n) is 4.60. The first-order chi connectivity index (χ1) is 11.6. The van der Waals surface area contributed by atoms with E-state index in [0.29, 0.717) is 30.4 Å². The van der Waals surface area contributed by atoms with E-state index in [-0.39, 0.29) is 6.61 Å². The van der Waals surface area contributed by atoms with Gasteiger partial charge in [-0.05, 0) is 19.1 Å². The third kappa shape index (κ3) is 5.31. The zero-order chi connectivity index (χ0) is 17.4. The summed E-state index contributed by atoms with van der Waals surface area (Å²) in [7, 11) is 0. The van der Waals surface area contributed by atoms with E-state index in [1.807, 2.05) is 0 Å². The quantitative estimate of drug-likeness (QED) is 0.613. The minimum absolute atomic E-state index is 0.205. The van der Waals surface area contributed by atoms with Crippen LogP contribution in [0.25, 0.3) is 0 Å². The summed E-state index contributed by atoms with van der Waals surface area (Å²) in [5, 5.41) is 2.57. The molecular formula is C16H17NO7. The van der Waals surface area contributed by atoms with Gasteiger partial charge in [0.05, 0.1) is 6.61 Å². The topological polar surface area (TPSA) is 100 Å². The number of carbonyl (C=O) groups excluding carboxylic acids is 3. The van der Waals surface area contributed by atoms with E-state index in [1.54, 1.807) is 25.1 Å². The molecule has 0 atom stereocenters. The van der Waals surface area contributed by atoms with Crippen LogP contribution in [0.3, 0.4) is 0 Å². The Labute approximate surface area is 138 Å². The van der Waals surface area contributed by atoms with Crippen molar-refractivity contribution in [3.8, 4) is 11.5 Å². The van der Waals surface area contributed by atoms with Gasteiger partial charge in [-0.3, -0.25) is 4.79 Å². The van der Waals surface area contributed by atoms with Crippen molar-refractivity contribution in [3.63, 3.8) is 0 Å². The number of rotatable bonds is 6. The fourth-order valence-electron chi connectivity index (χ4n) is 1.83. The zero-order valence-corrected chi connectivity index (χ0v) is 13.1. The number of esters is 2. The Bertz CT molecular complexity index is 654. The highest BCUT2D eigenvalue weighted by Gasteiger charge is 2.13. The van der Waals surface area contributed by atoms with Gasteiger partial charge in [0.25, 0.3) is 5.91 Å². The van der Waals surface area contributed by atoms with Gasteiger partial charge in [-0.15, -0.1) is 0 Å². The van der Waals surface area contributed by atoms with Gasteiger partial charge < -0.3 is 24.3 Å². The Balaban J connectivity index is 1.79. The van der Waals surface area contributed by atoms with Crippen LogP contribution in [0.4, 0.5) is 5.69 Å². The minimum atomic E-state index is -0.819. The van der Waals surface area contributed by atoms with Crippen molar-refractivity contribution in [1.29, 1.82) is 0 Å². The third-order valence-corrected chi connectivity index (χ3v) is 2.81. The summed E-state index contributed by atoms with van der Waals surface area (Å²) in [6.45, 7) is 2.28. The number of carbonyl (C=O) groups is 3. The summed E-state index contributed by atoms with van der Waals surface area (Å²) in [4.78, 5) is 34.1. The molecule has 1 aliphatic rings. The average molecular weight is 335 g/mol. The van der Waals surface area contributed by atoms with Gasteiger partial charge in [-0.1, -0.05) is 0 Å². The molecular weight excluding hydrogens is 318 g/mol. The number of hydrogen-bond acceptors (Lipinski definition) is 7. The van der Waals surface area contributed by atoms with Crippen LogP contribution in [-0.2, 0) is 23.9 Å². The van der Waals surface area contributed by atoms with Gasteiger partial charge >= 0.3 is 11.9 Å². The van der Waals surface area contributed by atoms with Crippen LogP contribution in [0.15, 0.2) is 30.4 Å². The Hall–Kier alpha value is -3.03. The van der Waals surface area contributed by atoms with Crippen LogP contribution < -0.4 is 14.8 Å². The van der Waals surface area contributed by atoms with E-state index in [0.717, 1.165) is 12.2 Å². The monoisotopic (exact) mass is 335 g/mol. The first kappa shape index (κ1) is 17.3. The van der Waals surface area contributed by atoms with E-state index >= 15 is 0 Å². The van der Waals surface area contributed by atoms with Crippen LogP contribution in [-0.4, -0.2) is 44.3 Å². The molecule has 0 spiro atoms. The summed E-state index contributed by atoms with van der Waals surface area (Å²) in [6.07, 6.45) is 1.83. The van der Waals surface area contributed by atoms with Crippen LogP contribution in [0.1, 0.15) is 6.92 Å². The number of anilines is 1. The van der Waals surface area contributed by atoms with E-state index in [1.165, 1.54) is 0 Å². The highest BCUT2D eigenvalue weighted by Crippen LogP contribution is 2.32. The van der Waals surface area contributed by atoms with Crippen molar-refractivity contribution in [2.24, 2.45) is 0 Å². The van der Waals surface area contributed by atoms with Gasteiger partial charge in [0.1, 0.15) is 13.2 Å². The Morgan fingerprint density at radius 1 is 1.08 bits per heavy atom. The molecule has 128 valence electrons. The summed E-state index contributed by atoms with van der Waals surface area (Å²) in [6, 6.07) is 4.95. The first-order valence-corrected chi connectivity index (χ1v) is 7.29. The van der Waals surface area contributed by atoms with Crippen LogP contribution in [0, 0.1) is 0 Å². The van der Waals surface area contributed by atoms with E-state index < -0.39 is 24.5 Å². The molecule has 0 saturated carbocycles. The Morgan fingerprint density at radius 2 is 1.75 bits per heavy atom. The first-order valence-electron chi connectivity index (χ1n) is 7.29. The molecule has 0 fully saturated rings. The lowest BCUT2D eigenvalue weighted by atomic mass is 10.2. The van der Waals surface area contributed by atoms with E-state index in [2.05, 4.69) is 10.1 Å². The molecule has 8 nitrogen and oxygen atoms in total. The summed E-state index contributed by atoms with van der Waals surface area (Å²) < 4.78 is 20.1. The molecule has 0 saturated heterocycles. The maximum absolute atomic E-state index is 11.7. The number of benzene rings is 1. The fraction of sp³-hybridized carbons (Fsp3) is 0.312. The van der Waals surface area contributed by atoms with E-state index in [4.69, 9.17) is 14.2 Å². The van der Waals surface area contributed by atoms with Crippen LogP contribution in [0.2, 0.25) is 0 Å². The maximum atomic E-state index is 11.7. The molecule has 0 aromatic heterocycles.